The first kappa shape index (κ1) is 15.0. The number of hydrogen-bond donors (Lipinski definition) is 1. The zero-order chi connectivity index (χ0) is 15.5. The van der Waals surface area contributed by atoms with Gasteiger partial charge in [-0.05, 0) is 43.2 Å². The van der Waals surface area contributed by atoms with Gasteiger partial charge in [-0.15, -0.1) is 0 Å². The summed E-state index contributed by atoms with van der Waals surface area (Å²) < 4.78 is 14.5. The average Bonchev–Trinajstić information content (AvgIpc) is 3.01. The van der Waals surface area contributed by atoms with E-state index in [2.05, 4.69) is 26.1 Å². The minimum absolute atomic E-state index is 0.0411. The summed E-state index contributed by atoms with van der Waals surface area (Å²) in [6.07, 6.45) is 2.31. The number of nitrogens with one attached hydrogen (secondary N) is 1. The molecule has 3 rings (SSSR count). The number of carbonyl (C=O) groups excluding carboxylic acids is 1. The van der Waals surface area contributed by atoms with Gasteiger partial charge in [0.05, 0.1) is 16.9 Å². The van der Waals surface area contributed by atoms with E-state index in [-0.39, 0.29) is 5.56 Å². The molecule has 1 aliphatic heterocycles. The highest BCUT2D eigenvalue weighted by atomic mass is 79.9. The Hall–Kier alpha value is -1.88. The largest absolute Gasteiger partial charge is 0.370 e. The van der Waals surface area contributed by atoms with Gasteiger partial charge in [-0.3, -0.25) is 4.79 Å². The van der Waals surface area contributed by atoms with Crippen molar-refractivity contribution in [3.05, 3.63) is 58.3 Å². The van der Waals surface area contributed by atoms with E-state index in [0.717, 1.165) is 37.3 Å². The highest BCUT2D eigenvalue weighted by Gasteiger charge is 2.18. The fourth-order valence-corrected chi connectivity index (χ4v) is 3.01. The second-order valence-corrected chi connectivity index (χ2v) is 6.21. The first-order valence-corrected chi connectivity index (χ1v) is 8.05. The quantitative estimate of drug-likeness (QED) is 0.875. The number of hydrogen-bond acceptors (Lipinski definition) is 2. The van der Waals surface area contributed by atoms with E-state index in [1.165, 1.54) is 12.1 Å². The molecule has 1 aliphatic rings. The Morgan fingerprint density at radius 1 is 1.14 bits per heavy atom. The first-order valence-electron chi connectivity index (χ1n) is 7.25. The summed E-state index contributed by atoms with van der Waals surface area (Å²) in [4.78, 5) is 14.6. The standard InChI is InChI=1S/C17H16BrFN2O/c18-12-7-8-13(14(19)11-12)17(22)20-15-5-1-2-6-16(15)21-9-3-4-10-21/h1-2,5-8,11H,3-4,9-10H2,(H,20,22). The van der Waals surface area contributed by atoms with Crippen molar-refractivity contribution in [1.82, 2.24) is 0 Å². The van der Waals surface area contributed by atoms with E-state index >= 15 is 0 Å². The Morgan fingerprint density at radius 2 is 1.86 bits per heavy atom. The Bertz CT molecular complexity index is 699. The lowest BCUT2D eigenvalue weighted by atomic mass is 10.2. The lowest BCUT2D eigenvalue weighted by molar-refractivity contribution is 0.102. The molecule has 0 radical (unpaired) electrons. The van der Waals surface area contributed by atoms with Crippen LogP contribution in [0.1, 0.15) is 23.2 Å². The smallest absolute Gasteiger partial charge is 0.258 e. The highest BCUT2D eigenvalue weighted by molar-refractivity contribution is 9.10. The minimum atomic E-state index is -0.537. The second-order valence-electron chi connectivity index (χ2n) is 5.29. The van der Waals surface area contributed by atoms with Crippen molar-refractivity contribution in [3.63, 3.8) is 0 Å². The van der Waals surface area contributed by atoms with Crippen LogP contribution >= 0.6 is 15.9 Å². The van der Waals surface area contributed by atoms with Gasteiger partial charge in [0, 0.05) is 17.6 Å². The maximum atomic E-state index is 13.9. The van der Waals surface area contributed by atoms with Crippen molar-refractivity contribution in [1.29, 1.82) is 0 Å². The van der Waals surface area contributed by atoms with Crippen molar-refractivity contribution >= 4 is 33.2 Å². The third-order valence-electron chi connectivity index (χ3n) is 3.77. The number of anilines is 2. The number of benzene rings is 2. The summed E-state index contributed by atoms with van der Waals surface area (Å²) in [7, 11) is 0. The molecular weight excluding hydrogens is 347 g/mol. The molecule has 5 heteroatoms. The van der Waals surface area contributed by atoms with Crippen LogP contribution in [0.5, 0.6) is 0 Å². The third-order valence-corrected chi connectivity index (χ3v) is 4.27. The monoisotopic (exact) mass is 362 g/mol. The molecule has 2 aromatic carbocycles. The Balaban J connectivity index is 1.85. The fourth-order valence-electron chi connectivity index (χ4n) is 2.68. The lowest BCUT2D eigenvalue weighted by Gasteiger charge is -2.21. The predicted octanol–water partition coefficient (Wildman–Crippen LogP) is 4.44. The third kappa shape index (κ3) is 3.14. The maximum Gasteiger partial charge on any atom is 0.258 e. The van der Waals surface area contributed by atoms with Crippen molar-refractivity contribution in [2.75, 3.05) is 23.3 Å². The SMILES string of the molecule is O=C(Nc1ccccc1N1CCCC1)c1ccc(Br)cc1F. The van der Waals surface area contributed by atoms with Crippen LogP contribution in [0.25, 0.3) is 0 Å². The lowest BCUT2D eigenvalue weighted by Crippen LogP contribution is -2.21. The van der Waals surface area contributed by atoms with Crippen LogP contribution in [0.2, 0.25) is 0 Å². The zero-order valence-corrected chi connectivity index (χ0v) is 13.6. The fraction of sp³-hybridized carbons (Fsp3) is 0.235. The van der Waals surface area contributed by atoms with Gasteiger partial charge >= 0.3 is 0 Å². The van der Waals surface area contributed by atoms with Gasteiger partial charge in [0.1, 0.15) is 5.82 Å². The van der Waals surface area contributed by atoms with Crippen molar-refractivity contribution in [2.24, 2.45) is 0 Å². The minimum Gasteiger partial charge on any atom is -0.370 e. The first-order chi connectivity index (χ1) is 10.6. The van der Waals surface area contributed by atoms with Crippen LogP contribution in [0.15, 0.2) is 46.9 Å². The molecule has 1 heterocycles. The van der Waals surface area contributed by atoms with Gasteiger partial charge in [-0.25, -0.2) is 4.39 Å². The molecular formula is C17H16BrFN2O. The summed E-state index contributed by atoms with van der Waals surface area (Å²) in [5, 5.41) is 2.83. The van der Waals surface area contributed by atoms with Crippen molar-refractivity contribution in [3.8, 4) is 0 Å². The van der Waals surface area contributed by atoms with Gasteiger partial charge < -0.3 is 10.2 Å². The molecule has 3 nitrogen and oxygen atoms in total. The van der Waals surface area contributed by atoms with E-state index in [4.69, 9.17) is 0 Å². The summed E-state index contributed by atoms with van der Waals surface area (Å²) in [6, 6.07) is 12.1. The van der Waals surface area contributed by atoms with E-state index in [0.29, 0.717) is 4.47 Å². The van der Waals surface area contributed by atoms with E-state index in [1.807, 2.05) is 24.3 Å². The molecule has 0 bridgehead atoms. The topological polar surface area (TPSA) is 32.3 Å². The van der Waals surface area contributed by atoms with Gasteiger partial charge in [0.2, 0.25) is 0 Å². The number of nitrogens with zero attached hydrogens (tertiary/aromatic N) is 1. The van der Waals surface area contributed by atoms with Crippen molar-refractivity contribution < 1.29 is 9.18 Å². The zero-order valence-electron chi connectivity index (χ0n) is 12.0. The molecule has 0 aromatic heterocycles. The second kappa shape index (κ2) is 6.48. The molecule has 2 aromatic rings. The van der Waals surface area contributed by atoms with Crippen LogP contribution in [-0.4, -0.2) is 19.0 Å². The summed E-state index contributed by atoms with van der Waals surface area (Å²) in [5.74, 6) is -0.970. The molecule has 114 valence electrons. The van der Waals surface area contributed by atoms with Crippen LogP contribution in [0.4, 0.5) is 15.8 Å². The molecule has 1 saturated heterocycles. The number of carbonyl (C=O) groups is 1. The molecule has 0 unspecified atom stereocenters. The molecule has 0 atom stereocenters. The Kier molecular flexibility index (Phi) is 4.43. The molecule has 0 saturated carbocycles. The van der Waals surface area contributed by atoms with Crippen LogP contribution in [-0.2, 0) is 0 Å². The van der Waals surface area contributed by atoms with Crippen LogP contribution in [0, 0.1) is 5.82 Å². The van der Waals surface area contributed by atoms with E-state index < -0.39 is 11.7 Å². The maximum absolute atomic E-state index is 13.9. The highest BCUT2D eigenvalue weighted by Crippen LogP contribution is 2.29. The van der Waals surface area contributed by atoms with E-state index in [1.54, 1.807) is 6.07 Å². The molecule has 1 N–H and O–H groups in total. The number of para-hydroxylation sites is 2. The molecule has 1 fully saturated rings. The van der Waals surface area contributed by atoms with Crippen molar-refractivity contribution in [2.45, 2.75) is 12.8 Å². The van der Waals surface area contributed by atoms with Gasteiger partial charge in [-0.2, -0.15) is 0 Å². The number of halogens is 2. The van der Waals surface area contributed by atoms with Gasteiger partial charge in [-0.1, -0.05) is 28.1 Å². The predicted molar refractivity (Wildman–Crippen MR) is 89.9 cm³/mol. The summed E-state index contributed by atoms with van der Waals surface area (Å²) in [5.41, 5.74) is 1.75. The summed E-state index contributed by atoms with van der Waals surface area (Å²) >= 11 is 3.19. The van der Waals surface area contributed by atoms with Gasteiger partial charge in [0.25, 0.3) is 5.91 Å². The average molecular weight is 363 g/mol. The molecule has 1 amide bonds. The molecule has 0 aliphatic carbocycles. The number of amides is 1. The van der Waals surface area contributed by atoms with Crippen LogP contribution < -0.4 is 10.2 Å². The Labute approximate surface area is 137 Å². The Morgan fingerprint density at radius 3 is 2.59 bits per heavy atom. The number of rotatable bonds is 3. The van der Waals surface area contributed by atoms with Gasteiger partial charge in [0.15, 0.2) is 0 Å². The molecule has 22 heavy (non-hydrogen) atoms. The normalized spacial score (nSPS) is 14.2. The van der Waals surface area contributed by atoms with E-state index in [9.17, 15) is 9.18 Å². The molecule has 0 spiro atoms. The summed E-state index contributed by atoms with van der Waals surface area (Å²) in [6.45, 7) is 1.97. The van der Waals surface area contributed by atoms with Crippen LogP contribution in [0.3, 0.4) is 0 Å².